The minimum Gasteiger partial charge on any atom is -0.379 e. The molecule has 1 heterocycles. The number of nitrogens with zero attached hydrogens (tertiary/aromatic N) is 1. The monoisotopic (exact) mass is 462 g/mol. The maximum absolute atomic E-state index is 13.1. The lowest BCUT2D eigenvalue weighted by Crippen LogP contribution is -2.40. The van der Waals surface area contributed by atoms with Crippen molar-refractivity contribution >= 4 is 33.2 Å². The molecule has 11 heteroatoms. The number of benzene rings is 2. The molecule has 1 amide bonds. The van der Waals surface area contributed by atoms with Crippen molar-refractivity contribution in [2.75, 3.05) is 31.6 Å². The van der Waals surface area contributed by atoms with E-state index in [0.717, 1.165) is 12.1 Å². The summed E-state index contributed by atoms with van der Waals surface area (Å²) < 4.78 is 71.3. The summed E-state index contributed by atoms with van der Waals surface area (Å²) in [5.41, 5.74) is -1.12. The zero-order valence-electron chi connectivity index (χ0n) is 15.8. The molecule has 0 radical (unpaired) electrons. The van der Waals surface area contributed by atoms with E-state index >= 15 is 0 Å². The van der Waals surface area contributed by atoms with Gasteiger partial charge in [-0.1, -0.05) is 17.7 Å². The number of hydrogen-bond acceptors (Lipinski definition) is 4. The highest BCUT2D eigenvalue weighted by molar-refractivity contribution is 7.89. The topological polar surface area (TPSA) is 75.7 Å². The number of nitrogens with one attached hydrogen (secondary N) is 1. The summed E-state index contributed by atoms with van der Waals surface area (Å²) in [4.78, 5) is 12.5. The van der Waals surface area contributed by atoms with E-state index in [2.05, 4.69) is 5.32 Å². The fourth-order valence-electron chi connectivity index (χ4n) is 2.98. The van der Waals surface area contributed by atoms with Crippen LogP contribution in [0.1, 0.15) is 21.5 Å². The van der Waals surface area contributed by atoms with Gasteiger partial charge in [-0.15, -0.1) is 0 Å². The number of anilines is 1. The van der Waals surface area contributed by atoms with Gasteiger partial charge in [0, 0.05) is 18.8 Å². The predicted octanol–water partition coefficient (Wildman–Crippen LogP) is 3.94. The van der Waals surface area contributed by atoms with Crippen LogP contribution in [0, 0.1) is 6.92 Å². The van der Waals surface area contributed by atoms with Crippen LogP contribution in [-0.2, 0) is 20.9 Å². The highest BCUT2D eigenvalue weighted by atomic mass is 35.5. The number of ether oxygens (including phenoxy) is 1. The fourth-order valence-corrected chi connectivity index (χ4v) is 4.62. The second-order valence-corrected chi connectivity index (χ2v) is 8.98. The lowest BCUT2D eigenvalue weighted by molar-refractivity contribution is -0.138. The van der Waals surface area contributed by atoms with Crippen molar-refractivity contribution in [1.29, 1.82) is 0 Å². The lowest BCUT2D eigenvalue weighted by atomic mass is 10.1. The first kappa shape index (κ1) is 22.5. The lowest BCUT2D eigenvalue weighted by Gasteiger charge is -2.26. The third-order valence-electron chi connectivity index (χ3n) is 4.59. The van der Waals surface area contributed by atoms with Crippen LogP contribution in [-0.4, -0.2) is 44.9 Å². The minimum atomic E-state index is -4.57. The molecule has 0 saturated carbocycles. The zero-order chi connectivity index (χ0) is 22.1. The van der Waals surface area contributed by atoms with Crippen molar-refractivity contribution in [3.05, 3.63) is 58.1 Å². The Morgan fingerprint density at radius 1 is 1.13 bits per heavy atom. The highest BCUT2D eigenvalue weighted by Crippen LogP contribution is 2.33. The van der Waals surface area contributed by atoms with E-state index in [-0.39, 0.29) is 53.0 Å². The molecular weight excluding hydrogens is 445 g/mol. The number of carbonyl (C=O) groups is 1. The van der Waals surface area contributed by atoms with E-state index in [9.17, 15) is 26.4 Å². The molecule has 2 aromatic rings. The first-order chi connectivity index (χ1) is 14.0. The first-order valence-electron chi connectivity index (χ1n) is 8.87. The maximum Gasteiger partial charge on any atom is 0.416 e. The Labute approximate surface area is 176 Å². The molecule has 0 bridgehead atoms. The van der Waals surface area contributed by atoms with Gasteiger partial charge in [-0.05, 0) is 42.8 Å². The molecule has 1 aliphatic heterocycles. The van der Waals surface area contributed by atoms with Crippen LogP contribution in [0.5, 0.6) is 0 Å². The molecule has 3 rings (SSSR count). The molecule has 1 N–H and O–H groups in total. The molecule has 2 aromatic carbocycles. The highest BCUT2D eigenvalue weighted by Gasteiger charge is 2.33. The van der Waals surface area contributed by atoms with Crippen LogP contribution in [0.25, 0.3) is 0 Å². The number of sulfonamides is 1. The van der Waals surface area contributed by atoms with Crippen LogP contribution >= 0.6 is 11.6 Å². The van der Waals surface area contributed by atoms with Gasteiger partial charge < -0.3 is 10.1 Å². The number of halogens is 4. The normalized spacial score (nSPS) is 15.8. The summed E-state index contributed by atoms with van der Waals surface area (Å²) in [6, 6.07) is 7.03. The Hall–Kier alpha value is -2.14. The van der Waals surface area contributed by atoms with Crippen LogP contribution < -0.4 is 5.32 Å². The molecule has 1 aliphatic rings. The van der Waals surface area contributed by atoms with Crippen LogP contribution in [0.2, 0.25) is 5.02 Å². The van der Waals surface area contributed by atoms with Gasteiger partial charge in [0.15, 0.2) is 0 Å². The number of hydrogen-bond donors (Lipinski definition) is 1. The summed E-state index contributed by atoms with van der Waals surface area (Å²) in [5.74, 6) is -0.823. The largest absolute Gasteiger partial charge is 0.416 e. The first-order valence-corrected chi connectivity index (χ1v) is 10.7. The van der Waals surface area contributed by atoms with Gasteiger partial charge in [-0.3, -0.25) is 4.79 Å². The number of rotatable bonds is 4. The second kappa shape index (κ2) is 8.54. The molecular formula is C19H18ClF3N2O4S. The van der Waals surface area contributed by atoms with E-state index in [1.54, 1.807) is 0 Å². The van der Waals surface area contributed by atoms with E-state index in [4.69, 9.17) is 16.3 Å². The van der Waals surface area contributed by atoms with Crippen molar-refractivity contribution in [3.8, 4) is 0 Å². The zero-order valence-corrected chi connectivity index (χ0v) is 17.4. The summed E-state index contributed by atoms with van der Waals surface area (Å²) in [6.45, 7) is 2.18. The SMILES string of the molecule is Cc1ccc(NC(=O)c2cc(S(=O)(=O)N3CCOCC3)ccc2Cl)cc1C(F)(F)F. The second-order valence-electron chi connectivity index (χ2n) is 6.64. The number of morpholine rings is 1. The molecule has 162 valence electrons. The Morgan fingerprint density at radius 2 is 1.80 bits per heavy atom. The number of aryl methyl sites for hydroxylation is 1. The van der Waals surface area contributed by atoms with Crippen LogP contribution in [0.4, 0.5) is 18.9 Å². The van der Waals surface area contributed by atoms with Crippen molar-refractivity contribution in [3.63, 3.8) is 0 Å². The Morgan fingerprint density at radius 3 is 2.43 bits per heavy atom. The molecule has 30 heavy (non-hydrogen) atoms. The Balaban J connectivity index is 1.89. The fraction of sp³-hybridized carbons (Fsp3) is 0.316. The maximum atomic E-state index is 13.1. The van der Waals surface area contributed by atoms with Gasteiger partial charge in [-0.2, -0.15) is 17.5 Å². The van der Waals surface area contributed by atoms with Gasteiger partial charge in [0.2, 0.25) is 10.0 Å². The van der Waals surface area contributed by atoms with E-state index in [1.165, 1.54) is 35.5 Å². The minimum absolute atomic E-state index is 0.0112. The van der Waals surface area contributed by atoms with Gasteiger partial charge in [0.05, 0.1) is 34.3 Å². The predicted molar refractivity (Wildman–Crippen MR) is 105 cm³/mol. The molecule has 1 saturated heterocycles. The van der Waals surface area contributed by atoms with Crippen molar-refractivity contribution in [2.24, 2.45) is 0 Å². The summed E-state index contributed by atoms with van der Waals surface area (Å²) in [7, 11) is -3.87. The van der Waals surface area contributed by atoms with Crippen molar-refractivity contribution in [2.45, 2.75) is 18.0 Å². The van der Waals surface area contributed by atoms with Gasteiger partial charge in [0.1, 0.15) is 0 Å². The van der Waals surface area contributed by atoms with Crippen molar-refractivity contribution in [1.82, 2.24) is 4.31 Å². The molecule has 0 aliphatic carbocycles. The standard InChI is InChI=1S/C19H18ClF3N2O4S/c1-12-2-3-13(10-16(12)19(21,22)23)24-18(26)15-11-14(4-5-17(15)20)30(27,28)25-6-8-29-9-7-25/h2-5,10-11H,6-9H2,1H3,(H,24,26). The number of amides is 1. The molecule has 0 unspecified atom stereocenters. The van der Waals surface area contributed by atoms with E-state index < -0.39 is 27.7 Å². The van der Waals surface area contributed by atoms with Crippen LogP contribution in [0.15, 0.2) is 41.3 Å². The molecule has 6 nitrogen and oxygen atoms in total. The smallest absolute Gasteiger partial charge is 0.379 e. The third kappa shape index (κ3) is 4.77. The molecule has 0 atom stereocenters. The summed E-state index contributed by atoms with van der Waals surface area (Å²) in [5, 5.41) is 2.31. The molecule has 0 aromatic heterocycles. The average Bonchev–Trinajstić information content (AvgIpc) is 2.69. The van der Waals surface area contributed by atoms with E-state index in [0.29, 0.717) is 0 Å². The van der Waals surface area contributed by atoms with Gasteiger partial charge in [0.25, 0.3) is 5.91 Å². The van der Waals surface area contributed by atoms with Crippen LogP contribution in [0.3, 0.4) is 0 Å². The summed E-state index contributed by atoms with van der Waals surface area (Å²) >= 11 is 6.05. The van der Waals surface area contributed by atoms with Gasteiger partial charge in [-0.25, -0.2) is 8.42 Å². The number of carbonyl (C=O) groups excluding carboxylic acids is 1. The third-order valence-corrected chi connectivity index (χ3v) is 6.82. The van der Waals surface area contributed by atoms with E-state index in [1.807, 2.05) is 0 Å². The number of alkyl halides is 3. The molecule has 1 fully saturated rings. The Bertz CT molecular complexity index is 1070. The summed E-state index contributed by atoms with van der Waals surface area (Å²) in [6.07, 6.45) is -4.57. The van der Waals surface area contributed by atoms with Gasteiger partial charge >= 0.3 is 6.18 Å². The Kier molecular flexibility index (Phi) is 6.42. The molecule has 0 spiro atoms. The average molecular weight is 463 g/mol. The quantitative estimate of drug-likeness (QED) is 0.746. The van der Waals surface area contributed by atoms with Crippen molar-refractivity contribution < 1.29 is 31.1 Å².